The molecule has 1 saturated carbocycles. The first-order chi connectivity index (χ1) is 18.8. The van der Waals surface area contributed by atoms with Gasteiger partial charge in [0.2, 0.25) is 0 Å². The second kappa shape index (κ2) is 9.01. The van der Waals surface area contributed by atoms with Gasteiger partial charge in [-0.05, 0) is 24.8 Å². The number of nitrogens with one attached hydrogen (secondary N) is 1. The topological polar surface area (TPSA) is 103 Å². The summed E-state index contributed by atoms with van der Waals surface area (Å²) in [6, 6.07) is 6.83. The van der Waals surface area contributed by atoms with E-state index in [1.807, 2.05) is 0 Å². The highest BCUT2D eigenvalue weighted by atomic mass is 19.4. The normalized spacial score (nSPS) is 18.2. The SMILES string of the molecule is O=c1[nH]c2cnc(C3=CCCN=C3C3CC3)nc2n1Cc1ccc(-c2nc(C(F)(F)F)cn2C2COC2)cc1. The number of aliphatic imine (C=N–C) groups is 1. The third-order valence-electron chi connectivity index (χ3n) is 7.34. The van der Waals surface area contributed by atoms with Crippen molar-refractivity contribution in [1.82, 2.24) is 29.1 Å². The van der Waals surface area contributed by atoms with Crippen LogP contribution in [0.5, 0.6) is 0 Å². The van der Waals surface area contributed by atoms with Gasteiger partial charge in [0.15, 0.2) is 17.2 Å². The smallest absolute Gasteiger partial charge is 0.377 e. The Labute approximate surface area is 220 Å². The molecule has 5 heterocycles. The van der Waals surface area contributed by atoms with Gasteiger partial charge in [-0.25, -0.2) is 19.7 Å². The van der Waals surface area contributed by atoms with Crippen molar-refractivity contribution in [3.05, 3.63) is 70.3 Å². The molecule has 1 saturated heterocycles. The van der Waals surface area contributed by atoms with E-state index < -0.39 is 11.9 Å². The van der Waals surface area contributed by atoms with E-state index >= 15 is 0 Å². The molecule has 39 heavy (non-hydrogen) atoms. The quantitative estimate of drug-likeness (QED) is 0.398. The van der Waals surface area contributed by atoms with Crippen LogP contribution in [0.4, 0.5) is 13.2 Å². The minimum atomic E-state index is -4.54. The minimum absolute atomic E-state index is 0.188. The lowest BCUT2D eigenvalue weighted by molar-refractivity contribution is -0.141. The van der Waals surface area contributed by atoms with E-state index in [1.54, 1.807) is 35.0 Å². The third kappa shape index (κ3) is 4.38. The fourth-order valence-corrected chi connectivity index (χ4v) is 5.07. The maximum absolute atomic E-state index is 13.4. The Morgan fingerprint density at radius 2 is 1.90 bits per heavy atom. The summed E-state index contributed by atoms with van der Waals surface area (Å²) in [5, 5.41) is 0. The first-order valence-corrected chi connectivity index (χ1v) is 12.9. The number of fused-ring (bicyclic) bond motifs is 1. The summed E-state index contributed by atoms with van der Waals surface area (Å²) in [7, 11) is 0. The van der Waals surface area contributed by atoms with Crippen LogP contribution in [0.25, 0.3) is 28.1 Å². The number of benzene rings is 1. The first kappa shape index (κ1) is 24.0. The predicted molar refractivity (Wildman–Crippen MR) is 137 cm³/mol. The molecule has 4 aromatic rings. The molecule has 1 aliphatic carbocycles. The van der Waals surface area contributed by atoms with E-state index in [4.69, 9.17) is 14.7 Å². The van der Waals surface area contributed by atoms with Gasteiger partial charge < -0.3 is 14.3 Å². The molecule has 0 spiro atoms. The van der Waals surface area contributed by atoms with E-state index in [9.17, 15) is 18.0 Å². The van der Waals surface area contributed by atoms with Crippen molar-refractivity contribution in [2.45, 2.75) is 38.0 Å². The van der Waals surface area contributed by atoms with Crippen molar-refractivity contribution in [1.29, 1.82) is 0 Å². The molecule has 0 amide bonds. The number of aromatic amines is 1. The molecule has 9 nitrogen and oxygen atoms in total. The Morgan fingerprint density at radius 3 is 2.59 bits per heavy atom. The molecule has 1 N–H and O–H groups in total. The molecule has 1 aromatic carbocycles. The van der Waals surface area contributed by atoms with E-state index in [2.05, 4.69) is 21.0 Å². The number of dihydropyridines is 1. The van der Waals surface area contributed by atoms with Crippen LogP contribution in [0.3, 0.4) is 0 Å². The number of H-pyrrole nitrogens is 1. The minimum Gasteiger partial charge on any atom is -0.377 e. The molecule has 3 aliphatic rings. The first-order valence-electron chi connectivity index (χ1n) is 12.9. The zero-order valence-electron chi connectivity index (χ0n) is 20.8. The Bertz CT molecular complexity index is 1690. The largest absolute Gasteiger partial charge is 0.434 e. The van der Waals surface area contributed by atoms with Crippen molar-refractivity contribution in [3.8, 4) is 11.4 Å². The van der Waals surface area contributed by atoms with Crippen LogP contribution in [-0.2, 0) is 17.5 Å². The number of hydrogen-bond donors (Lipinski definition) is 1. The molecule has 3 aromatic heterocycles. The maximum Gasteiger partial charge on any atom is 0.434 e. The Balaban J connectivity index is 1.19. The van der Waals surface area contributed by atoms with Crippen LogP contribution in [-0.4, -0.2) is 54.5 Å². The van der Waals surface area contributed by atoms with Crippen LogP contribution in [0.1, 0.15) is 42.4 Å². The molecule has 7 rings (SSSR count). The van der Waals surface area contributed by atoms with E-state index in [0.717, 1.165) is 48.9 Å². The van der Waals surface area contributed by atoms with Crippen molar-refractivity contribution in [3.63, 3.8) is 0 Å². The van der Waals surface area contributed by atoms with E-state index in [0.29, 0.717) is 41.7 Å². The van der Waals surface area contributed by atoms with Gasteiger partial charge in [-0.2, -0.15) is 13.2 Å². The van der Waals surface area contributed by atoms with Gasteiger partial charge in [-0.1, -0.05) is 30.3 Å². The third-order valence-corrected chi connectivity index (χ3v) is 7.34. The monoisotopic (exact) mass is 535 g/mol. The zero-order chi connectivity index (χ0) is 26.7. The molecule has 2 fully saturated rings. The molecular formula is C27H24F3N7O2. The van der Waals surface area contributed by atoms with Gasteiger partial charge in [0, 0.05) is 35.5 Å². The lowest BCUT2D eigenvalue weighted by Crippen LogP contribution is -2.30. The van der Waals surface area contributed by atoms with Gasteiger partial charge in [0.05, 0.1) is 32.0 Å². The molecule has 2 aliphatic heterocycles. The highest BCUT2D eigenvalue weighted by molar-refractivity contribution is 6.25. The number of rotatable bonds is 6. The number of nitrogens with zero attached hydrogens (tertiary/aromatic N) is 6. The summed E-state index contributed by atoms with van der Waals surface area (Å²) in [5.74, 6) is 1.25. The second-order valence-corrected chi connectivity index (χ2v) is 10.1. The lowest BCUT2D eigenvalue weighted by atomic mass is 10.0. The van der Waals surface area contributed by atoms with E-state index in [-0.39, 0.29) is 24.1 Å². The van der Waals surface area contributed by atoms with Gasteiger partial charge in [-0.3, -0.25) is 9.56 Å². The molecule has 200 valence electrons. The number of halogens is 3. The number of imidazole rings is 2. The Hall–Kier alpha value is -4.06. The van der Waals surface area contributed by atoms with Gasteiger partial charge in [0.25, 0.3) is 0 Å². The van der Waals surface area contributed by atoms with Crippen molar-refractivity contribution >= 4 is 22.4 Å². The molecular weight excluding hydrogens is 511 g/mol. The molecule has 12 heteroatoms. The number of allylic oxidation sites excluding steroid dienone is 1. The standard InChI is InChI=1S/C27H24F3N7O2/c28-27(29,30)21-12-36(18-13-39-14-18)24(34-21)17-5-3-15(4-6-17)11-37-25-20(33-26(37)38)10-32-23(35-25)19-2-1-9-31-22(19)16-7-8-16/h2-6,10,12,16,18H,1,7-9,11,13-14H2,(H,33,38). The molecule has 0 radical (unpaired) electrons. The average Bonchev–Trinajstić information content (AvgIpc) is 3.57. The van der Waals surface area contributed by atoms with Crippen molar-refractivity contribution < 1.29 is 17.9 Å². The van der Waals surface area contributed by atoms with Gasteiger partial charge >= 0.3 is 11.9 Å². The molecule has 0 bridgehead atoms. The highest BCUT2D eigenvalue weighted by Gasteiger charge is 2.37. The van der Waals surface area contributed by atoms with Gasteiger partial charge in [0.1, 0.15) is 11.3 Å². The maximum atomic E-state index is 13.4. The summed E-state index contributed by atoms with van der Waals surface area (Å²) >= 11 is 0. The van der Waals surface area contributed by atoms with Crippen LogP contribution < -0.4 is 5.69 Å². The summed E-state index contributed by atoms with van der Waals surface area (Å²) in [6.07, 6.45) is 3.32. The summed E-state index contributed by atoms with van der Waals surface area (Å²) in [6.45, 7) is 1.69. The Morgan fingerprint density at radius 1 is 1.10 bits per heavy atom. The average molecular weight is 536 g/mol. The van der Waals surface area contributed by atoms with Crippen LogP contribution in [0, 0.1) is 5.92 Å². The predicted octanol–water partition coefficient (Wildman–Crippen LogP) is 4.26. The van der Waals surface area contributed by atoms with Crippen LogP contribution >= 0.6 is 0 Å². The number of ether oxygens (including phenoxy) is 1. The summed E-state index contributed by atoms with van der Waals surface area (Å²) < 4.78 is 48.4. The Kier molecular flexibility index (Phi) is 5.55. The number of aromatic nitrogens is 6. The van der Waals surface area contributed by atoms with Crippen LogP contribution in [0.15, 0.2) is 52.5 Å². The van der Waals surface area contributed by atoms with E-state index in [1.165, 1.54) is 4.57 Å². The lowest BCUT2D eigenvalue weighted by Gasteiger charge is -2.28. The van der Waals surface area contributed by atoms with Gasteiger partial charge in [-0.15, -0.1) is 0 Å². The van der Waals surface area contributed by atoms with Crippen LogP contribution in [0.2, 0.25) is 0 Å². The summed E-state index contributed by atoms with van der Waals surface area (Å²) in [4.78, 5) is 33.5. The second-order valence-electron chi connectivity index (χ2n) is 10.1. The zero-order valence-corrected chi connectivity index (χ0v) is 20.8. The fourth-order valence-electron chi connectivity index (χ4n) is 5.07. The van der Waals surface area contributed by atoms with Crippen molar-refractivity contribution in [2.75, 3.05) is 19.8 Å². The summed E-state index contributed by atoms with van der Waals surface area (Å²) in [5.41, 5.74) is 3.12. The number of hydrogen-bond acceptors (Lipinski definition) is 6. The molecule has 0 atom stereocenters. The fraction of sp³-hybridized carbons (Fsp3) is 0.370. The highest BCUT2D eigenvalue weighted by Crippen LogP contribution is 2.37. The molecule has 0 unspecified atom stereocenters. The van der Waals surface area contributed by atoms with Crippen molar-refractivity contribution in [2.24, 2.45) is 10.9 Å². The number of alkyl halides is 3.